The number of halogens is 2. The van der Waals surface area contributed by atoms with Gasteiger partial charge >= 0.3 is 0 Å². The van der Waals surface area contributed by atoms with Crippen molar-refractivity contribution in [2.75, 3.05) is 24.1 Å². The van der Waals surface area contributed by atoms with Gasteiger partial charge in [0, 0.05) is 22.7 Å². The Kier molecular flexibility index (Phi) is 5.32. The number of carbonyl (C=O) groups is 1. The molecular formula is C17H16Cl2N2O4S. The topological polar surface area (TPSA) is 75.7 Å². The van der Waals surface area contributed by atoms with Gasteiger partial charge in [0.05, 0.1) is 24.1 Å². The van der Waals surface area contributed by atoms with Gasteiger partial charge in [0.2, 0.25) is 10.0 Å². The van der Waals surface area contributed by atoms with E-state index in [0.717, 1.165) is 11.8 Å². The highest BCUT2D eigenvalue weighted by atomic mass is 35.5. The van der Waals surface area contributed by atoms with Gasteiger partial charge in [0.25, 0.3) is 5.91 Å². The zero-order valence-electron chi connectivity index (χ0n) is 13.8. The number of anilines is 1. The number of sulfonamides is 1. The zero-order chi connectivity index (χ0) is 18.9. The molecule has 0 aliphatic carbocycles. The van der Waals surface area contributed by atoms with Gasteiger partial charge in [-0.05, 0) is 29.8 Å². The average Bonchev–Trinajstić information content (AvgIpc) is 2.68. The molecule has 2 aromatic carbocycles. The smallest absolute Gasteiger partial charge is 0.258 e. The van der Waals surface area contributed by atoms with Crippen molar-refractivity contribution in [1.82, 2.24) is 4.90 Å². The van der Waals surface area contributed by atoms with E-state index in [0.29, 0.717) is 40.1 Å². The highest BCUT2D eigenvalue weighted by Gasteiger charge is 2.24. The number of hydrogen-bond acceptors (Lipinski definition) is 4. The number of fused-ring (bicyclic) bond motifs is 1. The van der Waals surface area contributed by atoms with Crippen LogP contribution in [0.3, 0.4) is 0 Å². The van der Waals surface area contributed by atoms with Crippen molar-refractivity contribution in [3.63, 3.8) is 0 Å². The van der Waals surface area contributed by atoms with Crippen LogP contribution in [0.15, 0.2) is 36.4 Å². The van der Waals surface area contributed by atoms with Crippen LogP contribution in [0.1, 0.15) is 15.9 Å². The van der Waals surface area contributed by atoms with Crippen molar-refractivity contribution in [3.8, 4) is 5.75 Å². The highest BCUT2D eigenvalue weighted by molar-refractivity contribution is 7.92. The minimum atomic E-state index is -3.41. The first-order valence-electron chi connectivity index (χ1n) is 7.71. The Bertz CT molecular complexity index is 963. The molecule has 0 saturated carbocycles. The Morgan fingerprint density at radius 3 is 2.65 bits per heavy atom. The number of nitrogens with zero attached hydrogens (tertiary/aromatic N) is 1. The summed E-state index contributed by atoms with van der Waals surface area (Å²) in [6, 6.07) is 9.72. The third kappa shape index (κ3) is 4.41. The van der Waals surface area contributed by atoms with Crippen LogP contribution in [0.5, 0.6) is 5.75 Å². The summed E-state index contributed by atoms with van der Waals surface area (Å²) >= 11 is 12.1. The number of benzene rings is 2. The summed E-state index contributed by atoms with van der Waals surface area (Å²) in [5, 5.41) is 1.02. The Labute approximate surface area is 161 Å². The van der Waals surface area contributed by atoms with E-state index in [1.165, 1.54) is 12.1 Å². The summed E-state index contributed by atoms with van der Waals surface area (Å²) in [5.74, 6) is 0.128. The first-order chi connectivity index (χ1) is 12.2. The zero-order valence-corrected chi connectivity index (χ0v) is 16.2. The summed E-state index contributed by atoms with van der Waals surface area (Å²) in [6.07, 6.45) is 1.06. The third-order valence-corrected chi connectivity index (χ3v) is 4.99. The monoisotopic (exact) mass is 414 g/mol. The van der Waals surface area contributed by atoms with E-state index in [1.54, 1.807) is 29.2 Å². The molecular weight excluding hydrogens is 399 g/mol. The fourth-order valence-electron chi connectivity index (χ4n) is 2.64. The maximum Gasteiger partial charge on any atom is 0.258 e. The van der Waals surface area contributed by atoms with Crippen molar-refractivity contribution in [1.29, 1.82) is 0 Å². The molecule has 0 saturated heterocycles. The van der Waals surface area contributed by atoms with Crippen molar-refractivity contribution < 1.29 is 17.9 Å². The molecule has 0 atom stereocenters. The number of rotatable bonds is 4. The molecule has 0 fully saturated rings. The van der Waals surface area contributed by atoms with Crippen LogP contribution in [0.2, 0.25) is 10.0 Å². The Morgan fingerprint density at radius 2 is 1.96 bits per heavy atom. The molecule has 3 rings (SSSR count). The Morgan fingerprint density at radius 1 is 1.19 bits per heavy atom. The number of hydrogen-bond donors (Lipinski definition) is 1. The first kappa shape index (κ1) is 18.8. The predicted molar refractivity (Wildman–Crippen MR) is 102 cm³/mol. The normalized spacial score (nSPS) is 14.4. The van der Waals surface area contributed by atoms with E-state index in [2.05, 4.69) is 4.72 Å². The molecule has 1 aliphatic heterocycles. The maximum absolute atomic E-state index is 12.9. The summed E-state index contributed by atoms with van der Waals surface area (Å²) in [5.41, 5.74) is 1.49. The molecule has 1 N–H and O–H groups in total. The van der Waals surface area contributed by atoms with Crippen LogP contribution >= 0.6 is 23.2 Å². The molecule has 6 nitrogen and oxygen atoms in total. The minimum Gasteiger partial charge on any atom is -0.491 e. The fourth-order valence-corrected chi connectivity index (χ4v) is 3.66. The second-order valence-electron chi connectivity index (χ2n) is 5.90. The van der Waals surface area contributed by atoms with Crippen molar-refractivity contribution in [2.45, 2.75) is 6.54 Å². The molecule has 0 aromatic heterocycles. The maximum atomic E-state index is 12.9. The second kappa shape index (κ2) is 7.34. The summed E-state index contributed by atoms with van der Waals surface area (Å²) in [6.45, 7) is 0.981. The van der Waals surface area contributed by atoms with Crippen LogP contribution in [0.25, 0.3) is 0 Å². The van der Waals surface area contributed by atoms with Crippen LogP contribution in [-0.2, 0) is 16.6 Å². The van der Waals surface area contributed by atoms with E-state index < -0.39 is 10.0 Å². The van der Waals surface area contributed by atoms with Gasteiger partial charge in [-0.2, -0.15) is 0 Å². The largest absolute Gasteiger partial charge is 0.491 e. The molecule has 0 spiro atoms. The molecule has 26 heavy (non-hydrogen) atoms. The number of ether oxygens (including phenoxy) is 1. The van der Waals surface area contributed by atoms with Crippen LogP contribution < -0.4 is 9.46 Å². The summed E-state index contributed by atoms with van der Waals surface area (Å²) in [4.78, 5) is 14.5. The molecule has 138 valence electrons. The molecule has 1 aliphatic rings. The van der Waals surface area contributed by atoms with Gasteiger partial charge in [-0.1, -0.05) is 29.3 Å². The van der Waals surface area contributed by atoms with Gasteiger partial charge in [0.1, 0.15) is 12.4 Å². The van der Waals surface area contributed by atoms with Gasteiger partial charge in [-0.25, -0.2) is 8.42 Å². The van der Waals surface area contributed by atoms with E-state index in [9.17, 15) is 13.2 Å². The molecule has 9 heteroatoms. The van der Waals surface area contributed by atoms with E-state index in [-0.39, 0.29) is 12.5 Å². The van der Waals surface area contributed by atoms with Gasteiger partial charge in [0.15, 0.2) is 0 Å². The number of nitrogens with one attached hydrogen (secondary N) is 1. The van der Waals surface area contributed by atoms with Crippen molar-refractivity contribution >= 4 is 44.8 Å². The third-order valence-electron chi connectivity index (χ3n) is 3.80. The molecule has 1 heterocycles. The predicted octanol–water partition coefficient (Wildman–Crippen LogP) is 3.40. The lowest BCUT2D eigenvalue weighted by Gasteiger charge is -2.20. The minimum absolute atomic E-state index is 0.213. The van der Waals surface area contributed by atoms with Crippen molar-refractivity contribution in [2.24, 2.45) is 0 Å². The second-order valence-corrected chi connectivity index (χ2v) is 8.49. The quantitative estimate of drug-likeness (QED) is 0.831. The Hall–Kier alpha value is -1.96. The fraction of sp³-hybridized carbons (Fsp3) is 0.235. The average molecular weight is 415 g/mol. The number of carbonyl (C=O) groups excluding carboxylic acids is 1. The van der Waals surface area contributed by atoms with Crippen molar-refractivity contribution in [3.05, 3.63) is 57.6 Å². The molecule has 0 unspecified atom stereocenters. The van der Waals surface area contributed by atoms with E-state index in [1.807, 2.05) is 0 Å². The van der Waals surface area contributed by atoms with Gasteiger partial charge in [-0.15, -0.1) is 0 Å². The lowest BCUT2D eigenvalue weighted by atomic mass is 10.1. The van der Waals surface area contributed by atoms with Crippen LogP contribution in [0.4, 0.5) is 5.69 Å². The Balaban J connectivity index is 1.86. The molecule has 0 radical (unpaired) electrons. The molecule has 2 aromatic rings. The van der Waals surface area contributed by atoms with Gasteiger partial charge < -0.3 is 9.64 Å². The highest BCUT2D eigenvalue weighted by Crippen LogP contribution is 2.29. The van der Waals surface area contributed by atoms with Crippen LogP contribution in [-0.4, -0.2) is 38.6 Å². The van der Waals surface area contributed by atoms with E-state index in [4.69, 9.17) is 27.9 Å². The van der Waals surface area contributed by atoms with Crippen LogP contribution in [0, 0.1) is 0 Å². The van der Waals surface area contributed by atoms with Gasteiger partial charge in [-0.3, -0.25) is 9.52 Å². The first-order valence-corrected chi connectivity index (χ1v) is 10.4. The molecule has 0 bridgehead atoms. The van der Waals surface area contributed by atoms with E-state index >= 15 is 0 Å². The summed E-state index contributed by atoms with van der Waals surface area (Å²) < 4.78 is 30.7. The standard InChI is InChI=1S/C17H16Cl2N2O4S/c1-26(23,24)20-13-4-5-14-16(9-13)25-7-6-21(17(14)22)10-11-2-3-12(18)8-15(11)19/h2-5,8-9,20H,6-7,10H2,1H3. The SMILES string of the molecule is CS(=O)(=O)Nc1ccc2c(c1)OCCN(Cc1ccc(Cl)cc1Cl)C2=O. The molecule has 1 amide bonds. The lowest BCUT2D eigenvalue weighted by molar-refractivity contribution is 0.0743. The lowest BCUT2D eigenvalue weighted by Crippen LogP contribution is -2.31. The number of amides is 1. The summed E-state index contributed by atoms with van der Waals surface area (Å²) in [7, 11) is -3.41.